The molecule has 27 heavy (non-hydrogen) atoms. The molecule has 0 unspecified atom stereocenters. The Morgan fingerprint density at radius 2 is 1.11 bits per heavy atom. The van der Waals surface area contributed by atoms with E-state index in [-0.39, 0.29) is 12.8 Å². The average molecular weight is 482 g/mol. The van der Waals surface area contributed by atoms with E-state index in [1.54, 1.807) is 0 Å². The zero-order chi connectivity index (χ0) is 19.9. The minimum absolute atomic E-state index is 0.282. The number of carboxylic acid groups (broad SMARTS) is 2. The van der Waals surface area contributed by atoms with Gasteiger partial charge in [-0.05, 0) is 84.4 Å². The lowest BCUT2D eigenvalue weighted by atomic mass is 10.1. The highest BCUT2D eigenvalue weighted by molar-refractivity contribution is 14.1. The van der Waals surface area contributed by atoms with E-state index >= 15 is 0 Å². The summed E-state index contributed by atoms with van der Waals surface area (Å²) in [7, 11) is 0. The number of aliphatic carboxylic acids is 2. The van der Waals surface area contributed by atoms with Crippen molar-refractivity contribution in [3.8, 4) is 0 Å². The maximum atomic E-state index is 10.3. The highest BCUT2D eigenvalue weighted by Crippen LogP contribution is 2.10. The predicted octanol–water partition coefficient (Wildman–Crippen LogP) is 5.57. The quantitative estimate of drug-likeness (QED) is 0.343. The Labute approximate surface area is 174 Å². The molecule has 146 valence electrons. The molecule has 0 heterocycles. The van der Waals surface area contributed by atoms with Crippen molar-refractivity contribution < 1.29 is 19.8 Å². The largest absolute Gasteiger partial charge is 0.481 e. The third-order valence-electron chi connectivity index (χ3n) is 3.97. The fourth-order valence-electron chi connectivity index (χ4n) is 2.51. The summed E-state index contributed by atoms with van der Waals surface area (Å²) in [6.45, 7) is 0. The number of halogens is 1. The van der Waals surface area contributed by atoms with Gasteiger partial charge in [0.1, 0.15) is 0 Å². The second kappa shape index (κ2) is 14.2. The normalized spacial score (nSPS) is 9.96. The van der Waals surface area contributed by atoms with Crippen LogP contribution in [-0.2, 0) is 22.4 Å². The molecule has 0 aliphatic carbocycles. The number of unbranched alkanes of at least 4 members (excludes halogenated alkanes) is 2. The molecule has 2 N–H and O–H groups in total. The van der Waals surface area contributed by atoms with Crippen molar-refractivity contribution in [1.82, 2.24) is 0 Å². The van der Waals surface area contributed by atoms with Gasteiger partial charge >= 0.3 is 11.9 Å². The molecule has 2 rings (SSSR count). The number of carboxylic acids is 2. The zero-order valence-electron chi connectivity index (χ0n) is 15.4. The fraction of sp³-hybridized carbons (Fsp3) is 0.364. The summed E-state index contributed by atoms with van der Waals surface area (Å²) in [5, 5.41) is 16.9. The first-order chi connectivity index (χ1) is 13.0. The van der Waals surface area contributed by atoms with E-state index in [4.69, 9.17) is 10.2 Å². The molecule has 0 atom stereocenters. The summed E-state index contributed by atoms with van der Waals surface area (Å²) in [4.78, 5) is 20.5. The van der Waals surface area contributed by atoms with Gasteiger partial charge in [-0.15, -0.1) is 0 Å². The smallest absolute Gasteiger partial charge is 0.303 e. The molecular weight excluding hydrogens is 455 g/mol. The standard InChI is InChI=1S/C11H13IO2.C11H14O2/c12-10-7-5-9(6-8-10)3-1-2-4-11(13)14;12-11(13)9-5-4-8-10-6-2-1-3-7-10/h5-8H,1-4H2,(H,13,14);1-3,6-7H,4-5,8-9H2,(H,12,13). The molecule has 0 bridgehead atoms. The summed E-state index contributed by atoms with van der Waals surface area (Å²) >= 11 is 2.27. The van der Waals surface area contributed by atoms with E-state index in [0.29, 0.717) is 0 Å². The minimum atomic E-state index is -0.701. The number of hydrogen-bond acceptors (Lipinski definition) is 2. The summed E-state index contributed by atoms with van der Waals surface area (Å²) in [6, 6.07) is 18.5. The van der Waals surface area contributed by atoms with Gasteiger partial charge in [0.05, 0.1) is 0 Å². The van der Waals surface area contributed by atoms with Crippen LogP contribution in [0, 0.1) is 3.57 Å². The van der Waals surface area contributed by atoms with Crippen LogP contribution < -0.4 is 0 Å². The monoisotopic (exact) mass is 482 g/mol. The Kier molecular flexibility index (Phi) is 12.2. The second-order valence-corrected chi connectivity index (χ2v) is 7.56. The molecule has 2 aromatic carbocycles. The predicted molar refractivity (Wildman–Crippen MR) is 116 cm³/mol. The molecule has 0 aromatic heterocycles. The van der Waals surface area contributed by atoms with Crippen molar-refractivity contribution in [3.05, 3.63) is 69.3 Å². The van der Waals surface area contributed by atoms with Crippen LogP contribution in [0.15, 0.2) is 54.6 Å². The van der Waals surface area contributed by atoms with Crippen LogP contribution in [0.5, 0.6) is 0 Å². The molecular formula is C22H27IO4. The number of benzene rings is 2. The van der Waals surface area contributed by atoms with Gasteiger partial charge in [0, 0.05) is 16.4 Å². The summed E-state index contributed by atoms with van der Waals surface area (Å²) in [5.74, 6) is -1.40. The van der Waals surface area contributed by atoms with Crippen LogP contribution in [0.4, 0.5) is 0 Å². The van der Waals surface area contributed by atoms with E-state index in [1.165, 1.54) is 14.7 Å². The Morgan fingerprint density at radius 3 is 1.56 bits per heavy atom. The first-order valence-corrected chi connectivity index (χ1v) is 10.3. The third-order valence-corrected chi connectivity index (χ3v) is 4.69. The number of carbonyl (C=O) groups is 2. The van der Waals surface area contributed by atoms with Gasteiger partial charge < -0.3 is 10.2 Å². The zero-order valence-corrected chi connectivity index (χ0v) is 17.6. The Bertz CT molecular complexity index is 668. The van der Waals surface area contributed by atoms with Crippen molar-refractivity contribution in [2.45, 2.75) is 51.4 Å². The second-order valence-electron chi connectivity index (χ2n) is 6.31. The molecule has 4 nitrogen and oxygen atoms in total. The van der Waals surface area contributed by atoms with Gasteiger partial charge in [0.2, 0.25) is 0 Å². The van der Waals surface area contributed by atoms with Gasteiger partial charge in [-0.25, -0.2) is 0 Å². The fourth-order valence-corrected chi connectivity index (χ4v) is 2.87. The van der Waals surface area contributed by atoms with Crippen molar-refractivity contribution in [2.24, 2.45) is 0 Å². The highest BCUT2D eigenvalue weighted by Gasteiger charge is 1.98. The van der Waals surface area contributed by atoms with Crippen molar-refractivity contribution in [1.29, 1.82) is 0 Å². The number of aryl methyl sites for hydroxylation is 2. The van der Waals surface area contributed by atoms with E-state index in [9.17, 15) is 9.59 Å². The van der Waals surface area contributed by atoms with Crippen LogP contribution in [-0.4, -0.2) is 22.2 Å². The number of rotatable bonds is 10. The molecule has 0 fully saturated rings. The molecule has 0 aliphatic rings. The number of hydrogen-bond donors (Lipinski definition) is 2. The van der Waals surface area contributed by atoms with Gasteiger partial charge in [-0.1, -0.05) is 42.5 Å². The molecule has 2 aromatic rings. The van der Waals surface area contributed by atoms with Crippen molar-refractivity contribution >= 4 is 34.5 Å². The lowest BCUT2D eigenvalue weighted by molar-refractivity contribution is -0.138. The molecule has 0 amide bonds. The van der Waals surface area contributed by atoms with E-state index < -0.39 is 11.9 Å². The molecule has 0 spiro atoms. The molecule has 0 saturated carbocycles. The van der Waals surface area contributed by atoms with Gasteiger partial charge in [-0.3, -0.25) is 9.59 Å². The van der Waals surface area contributed by atoms with E-state index in [0.717, 1.165) is 38.5 Å². The molecule has 0 saturated heterocycles. The molecule has 0 radical (unpaired) electrons. The van der Waals surface area contributed by atoms with Gasteiger partial charge in [-0.2, -0.15) is 0 Å². The summed E-state index contributed by atoms with van der Waals surface area (Å²) in [5.41, 5.74) is 2.57. The van der Waals surface area contributed by atoms with Crippen LogP contribution in [0.2, 0.25) is 0 Å². The van der Waals surface area contributed by atoms with Crippen molar-refractivity contribution in [2.75, 3.05) is 0 Å². The Hall–Kier alpha value is -1.89. The van der Waals surface area contributed by atoms with Crippen LogP contribution in [0.25, 0.3) is 0 Å². The SMILES string of the molecule is O=C(O)CCCCc1ccc(I)cc1.O=C(O)CCCCc1ccccc1. The van der Waals surface area contributed by atoms with E-state index in [2.05, 4.69) is 59.0 Å². The lowest BCUT2D eigenvalue weighted by Crippen LogP contribution is -1.94. The Balaban J connectivity index is 0.000000271. The summed E-state index contributed by atoms with van der Waals surface area (Å²) in [6.07, 6.45) is 5.96. The maximum absolute atomic E-state index is 10.3. The minimum Gasteiger partial charge on any atom is -0.481 e. The van der Waals surface area contributed by atoms with Crippen molar-refractivity contribution in [3.63, 3.8) is 0 Å². The first-order valence-electron chi connectivity index (χ1n) is 9.19. The lowest BCUT2D eigenvalue weighted by Gasteiger charge is -2.00. The van der Waals surface area contributed by atoms with Crippen LogP contribution >= 0.6 is 22.6 Å². The third kappa shape index (κ3) is 13.0. The summed E-state index contributed by atoms with van der Waals surface area (Å²) < 4.78 is 1.23. The average Bonchev–Trinajstić information content (AvgIpc) is 2.65. The highest BCUT2D eigenvalue weighted by atomic mass is 127. The molecule has 5 heteroatoms. The topological polar surface area (TPSA) is 74.6 Å². The van der Waals surface area contributed by atoms with Crippen LogP contribution in [0.3, 0.4) is 0 Å². The van der Waals surface area contributed by atoms with Crippen LogP contribution in [0.1, 0.15) is 49.7 Å². The maximum Gasteiger partial charge on any atom is 0.303 e. The van der Waals surface area contributed by atoms with Gasteiger partial charge in [0.25, 0.3) is 0 Å². The first kappa shape index (κ1) is 23.1. The molecule has 0 aliphatic heterocycles. The van der Waals surface area contributed by atoms with Gasteiger partial charge in [0.15, 0.2) is 0 Å². The Morgan fingerprint density at radius 1 is 0.667 bits per heavy atom. The van der Waals surface area contributed by atoms with E-state index in [1.807, 2.05) is 18.2 Å².